The highest BCUT2D eigenvalue weighted by atomic mass is 79.9. The first kappa shape index (κ1) is 16.8. The first-order chi connectivity index (χ1) is 11.6. The van der Waals surface area contributed by atoms with E-state index in [0.717, 1.165) is 15.8 Å². The second-order valence-electron chi connectivity index (χ2n) is 5.34. The Kier molecular flexibility index (Phi) is 5.38. The van der Waals surface area contributed by atoms with Gasteiger partial charge in [0.25, 0.3) is 5.91 Å². The zero-order valence-electron chi connectivity index (χ0n) is 12.8. The molecule has 2 aromatic carbocycles. The van der Waals surface area contributed by atoms with Crippen molar-refractivity contribution in [3.05, 3.63) is 93.3 Å². The fourth-order valence-electron chi connectivity index (χ4n) is 2.40. The van der Waals surface area contributed by atoms with Gasteiger partial charge in [-0.2, -0.15) is 0 Å². The van der Waals surface area contributed by atoms with E-state index in [1.54, 1.807) is 23.3 Å². The molecule has 0 spiro atoms. The minimum Gasteiger partial charge on any atom is -0.467 e. The molecule has 0 aliphatic rings. The number of rotatable bonds is 5. The fraction of sp³-hybridized carbons (Fsp3) is 0.105. The van der Waals surface area contributed by atoms with Crippen LogP contribution in [-0.2, 0) is 13.1 Å². The second kappa shape index (κ2) is 7.69. The van der Waals surface area contributed by atoms with Crippen LogP contribution in [0.15, 0.2) is 75.8 Å². The molecule has 1 amide bonds. The maximum Gasteiger partial charge on any atom is 0.254 e. The highest BCUT2D eigenvalue weighted by molar-refractivity contribution is 9.10. The lowest BCUT2D eigenvalue weighted by molar-refractivity contribution is 0.0718. The van der Waals surface area contributed by atoms with Crippen LogP contribution in [0.4, 0.5) is 0 Å². The van der Waals surface area contributed by atoms with E-state index < -0.39 is 0 Å². The summed E-state index contributed by atoms with van der Waals surface area (Å²) in [7, 11) is 0. The number of nitrogens with zero attached hydrogens (tertiary/aromatic N) is 1. The largest absolute Gasteiger partial charge is 0.467 e. The molecule has 0 fully saturated rings. The second-order valence-corrected chi connectivity index (χ2v) is 6.66. The number of hydrogen-bond donors (Lipinski definition) is 0. The van der Waals surface area contributed by atoms with Gasteiger partial charge in [-0.15, -0.1) is 0 Å². The van der Waals surface area contributed by atoms with Crippen molar-refractivity contribution in [3.63, 3.8) is 0 Å². The Morgan fingerprint density at radius 2 is 1.75 bits per heavy atom. The molecule has 3 rings (SSSR count). The van der Waals surface area contributed by atoms with E-state index in [-0.39, 0.29) is 5.91 Å². The normalized spacial score (nSPS) is 10.6. The van der Waals surface area contributed by atoms with Gasteiger partial charge in [-0.3, -0.25) is 4.79 Å². The van der Waals surface area contributed by atoms with Gasteiger partial charge in [-0.1, -0.05) is 45.7 Å². The van der Waals surface area contributed by atoms with E-state index in [1.807, 2.05) is 48.5 Å². The third kappa shape index (κ3) is 4.08. The molecule has 3 nitrogen and oxygen atoms in total. The Balaban J connectivity index is 1.87. The van der Waals surface area contributed by atoms with E-state index in [9.17, 15) is 4.79 Å². The molecule has 0 atom stereocenters. The fourth-order valence-corrected chi connectivity index (χ4v) is 2.86. The predicted octanol–water partition coefficient (Wildman–Crippen LogP) is 5.54. The Hall–Kier alpha value is -2.04. The predicted molar refractivity (Wildman–Crippen MR) is 97.9 cm³/mol. The van der Waals surface area contributed by atoms with E-state index in [0.29, 0.717) is 23.7 Å². The van der Waals surface area contributed by atoms with Crippen molar-refractivity contribution in [2.24, 2.45) is 0 Å². The van der Waals surface area contributed by atoms with Crippen LogP contribution in [0.5, 0.6) is 0 Å². The summed E-state index contributed by atoms with van der Waals surface area (Å²) in [5, 5.41) is 0.644. The number of carbonyl (C=O) groups excluding carboxylic acids is 1. The Labute approximate surface area is 154 Å². The molecular weight excluding hydrogens is 390 g/mol. The number of furan rings is 1. The molecule has 0 unspecified atom stereocenters. The summed E-state index contributed by atoms with van der Waals surface area (Å²) in [6.45, 7) is 0.794. The van der Waals surface area contributed by atoms with Crippen LogP contribution in [0.1, 0.15) is 21.7 Å². The van der Waals surface area contributed by atoms with Gasteiger partial charge < -0.3 is 9.32 Å². The van der Waals surface area contributed by atoms with Gasteiger partial charge >= 0.3 is 0 Å². The summed E-state index contributed by atoms with van der Waals surface area (Å²) in [5.74, 6) is 0.659. The zero-order chi connectivity index (χ0) is 16.9. The monoisotopic (exact) mass is 403 g/mol. The average molecular weight is 405 g/mol. The van der Waals surface area contributed by atoms with Crippen molar-refractivity contribution < 1.29 is 9.21 Å². The van der Waals surface area contributed by atoms with E-state index in [4.69, 9.17) is 16.0 Å². The Morgan fingerprint density at radius 3 is 2.42 bits per heavy atom. The van der Waals surface area contributed by atoms with Crippen LogP contribution in [0.25, 0.3) is 0 Å². The summed E-state index contributed by atoms with van der Waals surface area (Å²) >= 11 is 9.64. The van der Waals surface area contributed by atoms with Gasteiger partial charge in [0.05, 0.1) is 12.8 Å². The number of carbonyl (C=O) groups is 1. The molecule has 0 radical (unpaired) electrons. The minimum atomic E-state index is -0.0705. The van der Waals surface area contributed by atoms with Crippen LogP contribution in [0.3, 0.4) is 0 Å². The van der Waals surface area contributed by atoms with Gasteiger partial charge in [0.2, 0.25) is 0 Å². The topological polar surface area (TPSA) is 33.5 Å². The molecule has 1 aromatic heterocycles. The molecule has 122 valence electrons. The molecule has 1 heterocycles. The lowest BCUT2D eigenvalue weighted by Gasteiger charge is -2.22. The van der Waals surface area contributed by atoms with Gasteiger partial charge in [0.15, 0.2) is 0 Å². The van der Waals surface area contributed by atoms with Crippen molar-refractivity contribution in [2.75, 3.05) is 0 Å². The third-order valence-corrected chi connectivity index (χ3v) is 4.52. The number of hydrogen-bond acceptors (Lipinski definition) is 2. The van der Waals surface area contributed by atoms with Crippen LogP contribution < -0.4 is 0 Å². The molecular formula is C19H15BrClNO2. The maximum absolute atomic E-state index is 12.9. The third-order valence-electron chi connectivity index (χ3n) is 3.62. The van der Waals surface area contributed by atoms with Crippen LogP contribution in [0, 0.1) is 0 Å². The van der Waals surface area contributed by atoms with Crippen molar-refractivity contribution in [1.82, 2.24) is 4.90 Å². The van der Waals surface area contributed by atoms with E-state index in [1.165, 1.54) is 0 Å². The standard InChI is InChI=1S/C19H15BrClNO2/c20-16-9-7-14(8-10-16)19(23)22(13-17-5-3-11-24-17)12-15-4-1-2-6-18(15)21/h1-11H,12-13H2. The number of amides is 1. The van der Waals surface area contributed by atoms with Crippen molar-refractivity contribution in [1.29, 1.82) is 0 Å². The molecule has 0 N–H and O–H groups in total. The average Bonchev–Trinajstić information content (AvgIpc) is 3.09. The van der Waals surface area contributed by atoms with Crippen LogP contribution >= 0.6 is 27.5 Å². The van der Waals surface area contributed by atoms with Crippen LogP contribution in [-0.4, -0.2) is 10.8 Å². The quantitative estimate of drug-likeness (QED) is 0.559. The highest BCUT2D eigenvalue weighted by Crippen LogP contribution is 2.21. The summed E-state index contributed by atoms with van der Waals surface area (Å²) in [6, 6.07) is 18.5. The van der Waals surface area contributed by atoms with Crippen LogP contribution in [0.2, 0.25) is 5.02 Å². The molecule has 24 heavy (non-hydrogen) atoms. The molecule has 3 aromatic rings. The lowest BCUT2D eigenvalue weighted by Crippen LogP contribution is -2.30. The molecule has 0 saturated heterocycles. The van der Waals surface area contributed by atoms with Gasteiger partial charge in [0, 0.05) is 21.6 Å². The zero-order valence-corrected chi connectivity index (χ0v) is 15.1. The van der Waals surface area contributed by atoms with Gasteiger partial charge in [0.1, 0.15) is 5.76 Å². The number of benzene rings is 2. The van der Waals surface area contributed by atoms with Crippen molar-refractivity contribution in [3.8, 4) is 0 Å². The SMILES string of the molecule is O=C(c1ccc(Br)cc1)N(Cc1ccco1)Cc1ccccc1Cl. The Morgan fingerprint density at radius 1 is 1.00 bits per heavy atom. The van der Waals surface area contributed by atoms with E-state index >= 15 is 0 Å². The summed E-state index contributed by atoms with van der Waals surface area (Å²) in [6.07, 6.45) is 1.60. The maximum atomic E-state index is 12.9. The molecule has 5 heteroatoms. The highest BCUT2D eigenvalue weighted by Gasteiger charge is 2.18. The molecule has 0 saturated carbocycles. The number of halogens is 2. The van der Waals surface area contributed by atoms with E-state index in [2.05, 4.69) is 15.9 Å². The summed E-state index contributed by atoms with van der Waals surface area (Å²) in [4.78, 5) is 14.6. The Bertz CT molecular complexity index is 816. The lowest BCUT2D eigenvalue weighted by atomic mass is 10.1. The van der Waals surface area contributed by atoms with Crippen molar-refractivity contribution in [2.45, 2.75) is 13.1 Å². The minimum absolute atomic E-state index is 0.0705. The van der Waals surface area contributed by atoms with Crippen molar-refractivity contribution >= 4 is 33.4 Å². The molecule has 0 bridgehead atoms. The molecule has 0 aliphatic heterocycles. The van der Waals surface area contributed by atoms with Gasteiger partial charge in [-0.25, -0.2) is 0 Å². The summed E-state index contributed by atoms with van der Waals surface area (Å²) in [5.41, 5.74) is 1.52. The van der Waals surface area contributed by atoms with Gasteiger partial charge in [-0.05, 0) is 48.0 Å². The first-order valence-corrected chi connectivity index (χ1v) is 8.61. The molecule has 0 aliphatic carbocycles. The summed E-state index contributed by atoms with van der Waals surface area (Å²) < 4.78 is 6.34. The smallest absolute Gasteiger partial charge is 0.254 e. The first-order valence-electron chi connectivity index (χ1n) is 7.44.